The maximum absolute atomic E-state index is 5.52. The molecule has 0 unspecified atom stereocenters. The van der Waals surface area contributed by atoms with Crippen molar-refractivity contribution in [2.24, 2.45) is 5.73 Å². The van der Waals surface area contributed by atoms with Gasteiger partial charge in [0.05, 0.1) is 13.7 Å². The lowest BCUT2D eigenvalue weighted by Crippen LogP contribution is -2.06. The maximum Gasteiger partial charge on any atom is 0.161 e. The molecule has 0 fully saturated rings. The molecule has 14 heavy (non-hydrogen) atoms. The van der Waals surface area contributed by atoms with E-state index in [0.717, 1.165) is 23.5 Å². The Labute approximate surface area is 84.8 Å². The Morgan fingerprint density at radius 3 is 2.71 bits per heavy atom. The highest BCUT2D eigenvalue weighted by atomic mass is 16.5. The second-order valence-corrected chi connectivity index (χ2v) is 3.15. The van der Waals surface area contributed by atoms with E-state index in [1.54, 1.807) is 7.11 Å². The fourth-order valence-electron chi connectivity index (χ4n) is 1.16. The van der Waals surface area contributed by atoms with Gasteiger partial charge >= 0.3 is 0 Å². The molecular weight excluding hydrogens is 178 g/mol. The molecule has 1 aromatic rings. The Hall–Kier alpha value is -1.22. The molecule has 0 aliphatic carbocycles. The van der Waals surface area contributed by atoms with Crippen LogP contribution in [-0.2, 0) is 0 Å². The Morgan fingerprint density at radius 1 is 1.29 bits per heavy atom. The van der Waals surface area contributed by atoms with Crippen molar-refractivity contribution in [1.82, 2.24) is 0 Å². The first kappa shape index (κ1) is 10.9. The van der Waals surface area contributed by atoms with Crippen molar-refractivity contribution in [2.75, 3.05) is 20.3 Å². The van der Waals surface area contributed by atoms with Crippen LogP contribution in [0.2, 0.25) is 0 Å². The highest BCUT2D eigenvalue weighted by Gasteiger charge is 2.03. The van der Waals surface area contributed by atoms with Gasteiger partial charge < -0.3 is 15.2 Å². The number of rotatable bonds is 5. The molecule has 0 aliphatic rings. The van der Waals surface area contributed by atoms with Crippen molar-refractivity contribution in [3.8, 4) is 11.5 Å². The van der Waals surface area contributed by atoms with Crippen LogP contribution in [0.15, 0.2) is 18.2 Å². The second-order valence-electron chi connectivity index (χ2n) is 3.15. The first-order valence-corrected chi connectivity index (χ1v) is 4.75. The van der Waals surface area contributed by atoms with Crippen LogP contribution in [0.25, 0.3) is 0 Å². The van der Waals surface area contributed by atoms with Crippen molar-refractivity contribution in [1.29, 1.82) is 0 Å². The summed E-state index contributed by atoms with van der Waals surface area (Å²) < 4.78 is 10.7. The van der Waals surface area contributed by atoms with Crippen molar-refractivity contribution in [2.45, 2.75) is 13.3 Å². The molecular formula is C11H17NO2. The standard InChI is InChI=1S/C11H17NO2/c1-9-4-5-10(11(8-9)13-2)14-7-3-6-12/h4-5,8H,3,6-7,12H2,1-2H3. The second kappa shape index (κ2) is 5.50. The van der Waals surface area contributed by atoms with Crippen molar-refractivity contribution >= 4 is 0 Å². The SMILES string of the molecule is COc1cc(C)ccc1OCCCN. The minimum atomic E-state index is 0.635. The van der Waals surface area contributed by atoms with E-state index in [2.05, 4.69) is 0 Å². The predicted octanol–water partition coefficient (Wildman–Crippen LogP) is 1.73. The molecule has 0 spiro atoms. The normalized spacial score (nSPS) is 9.93. The lowest BCUT2D eigenvalue weighted by Gasteiger charge is -2.10. The molecule has 3 heteroatoms. The number of hydrogen-bond acceptors (Lipinski definition) is 3. The van der Waals surface area contributed by atoms with Crippen molar-refractivity contribution in [3.05, 3.63) is 23.8 Å². The molecule has 0 aliphatic heterocycles. The highest BCUT2D eigenvalue weighted by Crippen LogP contribution is 2.27. The van der Waals surface area contributed by atoms with E-state index in [9.17, 15) is 0 Å². The van der Waals surface area contributed by atoms with Gasteiger partial charge in [0.1, 0.15) is 0 Å². The number of nitrogens with two attached hydrogens (primary N) is 1. The first-order chi connectivity index (χ1) is 6.77. The topological polar surface area (TPSA) is 44.5 Å². The van der Waals surface area contributed by atoms with Crippen LogP contribution in [0.3, 0.4) is 0 Å². The van der Waals surface area contributed by atoms with Crippen molar-refractivity contribution in [3.63, 3.8) is 0 Å². The third-order valence-electron chi connectivity index (χ3n) is 1.93. The summed E-state index contributed by atoms with van der Waals surface area (Å²) in [7, 11) is 1.64. The summed E-state index contributed by atoms with van der Waals surface area (Å²) >= 11 is 0. The number of ether oxygens (including phenoxy) is 2. The summed E-state index contributed by atoms with van der Waals surface area (Å²) in [6.07, 6.45) is 0.858. The summed E-state index contributed by atoms with van der Waals surface area (Å²) in [6, 6.07) is 5.88. The molecule has 1 aromatic carbocycles. The molecule has 0 atom stereocenters. The van der Waals surface area contributed by atoms with Gasteiger partial charge in [0.15, 0.2) is 11.5 Å². The van der Waals surface area contributed by atoms with Gasteiger partial charge in [-0.25, -0.2) is 0 Å². The van der Waals surface area contributed by atoms with Gasteiger partial charge in [-0.05, 0) is 37.6 Å². The molecule has 78 valence electrons. The maximum atomic E-state index is 5.52. The largest absolute Gasteiger partial charge is 0.493 e. The molecule has 0 heterocycles. The van der Waals surface area contributed by atoms with E-state index < -0.39 is 0 Å². The smallest absolute Gasteiger partial charge is 0.161 e. The number of benzene rings is 1. The van der Waals surface area contributed by atoms with Gasteiger partial charge in [-0.1, -0.05) is 6.07 Å². The Kier molecular flexibility index (Phi) is 4.26. The van der Waals surface area contributed by atoms with Crippen LogP contribution >= 0.6 is 0 Å². The molecule has 0 bridgehead atoms. The summed E-state index contributed by atoms with van der Waals surface area (Å²) in [5.41, 5.74) is 6.54. The Morgan fingerprint density at radius 2 is 2.07 bits per heavy atom. The quantitative estimate of drug-likeness (QED) is 0.728. The van der Waals surface area contributed by atoms with Gasteiger partial charge in [-0.3, -0.25) is 0 Å². The van der Waals surface area contributed by atoms with E-state index in [-0.39, 0.29) is 0 Å². The van der Waals surface area contributed by atoms with E-state index in [4.69, 9.17) is 15.2 Å². The molecule has 0 amide bonds. The van der Waals surface area contributed by atoms with E-state index in [0.29, 0.717) is 13.2 Å². The molecule has 3 nitrogen and oxygen atoms in total. The van der Waals surface area contributed by atoms with Crippen LogP contribution in [-0.4, -0.2) is 20.3 Å². The number of aryl methyl sites for hydroxylation is 1. The average molecular weight is 195 g/mol. The number of methoxy groups -OCH3 is 1. The zero-order valence-electron chi connectivity index (χ0n) is 8.75. The summed E-state index contributed by atoms with van der Waals surface area (Å²) in [5.74, 6) is 1.56. The molecule has 1 rings (SSSR count). The third kappa shape index (κ3) is 2.92. The third-order valence-corrected chi connectivity index (χ3v) is 1.93. The molecule has 0 radical (unpaired) electrons. The predicted molar refractivity (Wildman–Crippen MR) is 56.9 cm³/mol. The van der Waals surface area contributed by atoms with Gasteiger partial charge in [0.2, 0.25) is 0 Å². The monoisotopic (exact) mass is 195 g/mol. The summed E-state index contributed by atoms with van der Waals surface area (Å²) in [5, 5.41) is 0. The summed E-state index contributed by atoms with van der Waals surface area (Å²) in [4.78, 5) is 0. The van der Waals surface area contributed by atoms with Crippen LogP contribution in [0.4, 0.5) is 0 Å². The Balaban J connectivity index is 2.65. The lowest BCUT2D eigenvalue weighted by atomic mass is 10.2. The van der Waals surface area contributed by atoms with Crippen LogP contribution in [0.5, 0.6) is 11.5 Å². The van der Waals surface area contributed by atoms with Gasteiger partial charge in [-0.2, -0.15) is 0 Å². The number of hydrogen-bond donors (Lipinski definition) is 1. The van der Waals surface area contributed by atoms with E-state index >= 15 is 0 Å². The zero-order valence-corrected chi connectivity index (χ0v) is 8.75. The fraction of sp³-hybridized carbons (Fsp3) is 0.455. The van der Waals surface area contributed by atoms with Gasteiger partial charge in [0.25, 0.3) is 0 Å². The van der Waals surface area contributed by atoms with Gasteiger partial charge in [0, 0.05) is 0 Å². The zero-order chi connectivity index (χ0) is 10.4. The Bertz CT molecular complexity index is 287. The van der Waals surface area contributed by atoms with Gasteiger partial charge in [-0.15, -0.1) is 0 Å². The van der Waals surface area contributed by atoms with E-state index in [1.165, 1.54) is 0 Å². The lowest BCUT2D eigenvalue weighted by molar-refractivity contribution is 0.291. The van der Waals surface area contributed by atoms with Crippen molar-refractivity contribution < 1.29 is 9.47 Å². The molecule has 0 saturated heterocycles. The van der Waals surface area contributed by atoms with Crippen LogP contribution < -0.4 is 15.2 Å². The van der Waals surface area contributed by atoms with Crippen LogP contribution in [0, 0.1) is 6.92 Å². The molecule has 0 aromatic heterocycles. The van der Waals surface area contributed by atoms with E-state index in [1.807, 2.05) is 25.1 Å². The molecule has 0 saturated carbocycles. The molecule has 2 N–H and O–H groups in total. The summed E-state index contributed by atoms with van der Waals surface area (Å²) in [6.45, 7) is 3.30. The highest BCUT2D eigenvalue weighted by molar-refractivity contribution is 5.42. The fourth-order valence-corrected chi connectivity index (χ4v) is 1.16. The van der Waals surface area contributed by atoms with Crippen LogP contribution in [0.1, 0.15) is 12.0 Å². The first-order valence-electron chi connectivity index (χ1n) is 4.75. The minimum Gasteiger partial charge on any atom is -0.493 e. The minimum absolute atomic E-state index is 0.635. The average Bonchev–Trinajstić information content (AvgIpc) is 2.20.